The highest BCUT2D eigenvalue weighted by Crippen LogP contribution is 2.28. The average molecular weight is 347 g/mol. The second-order valence-electron chi connectivity index (χ2n) is 3.45. The zero-order valence-electron chi connectivity index (χ0n) is 9.20. The number of anilines is 1. The van der Waals surface area contributed by atoms with Crippen LogP contribution in [0.25, 0.3) is 0 Å². The Labute approximate surface area is 116 Å². The third kappa shape index (κ3) is 2.90. The van der Waals surface area contributed by atoms with Gasteiger partial charge >= 0.3 is 0 Å². The van der Waals surface area contributed by atoms with Crippen LogP contribution in [0.4, 0.5) is 11.4 Å². The highest BCUT2D eigenvalue weighted by atomic mass is 79.9. The van der Waals surface area contributed by atoms with Gasteiger partial charge in [-0.15, -0.1) is 0 Å². The molecule has 0 aliphatic rings. The zero-order chi connectivity index (χ0) is 14.0. The molecular weight excluding hydrogens is 340 g/mol. The molecule has 0 unspecified atom stereocenters. The molecule has 0 fully saturated rings. The number of hydrogen-bond donors (Lipinski definition) is 2. The number of nitro groups is 1. The van der Waals surface area contributed by atoms with E-state index >= 15 is 0 Å². The second kappa shape index (κ2) is 4.97. The van der Waals surface area contributed by atoms with Crippen molar-refractivity contribution < 1.29 is 13.3 Å². The van der Waals surface area contributed by atoms with Gasteiger partial charge in [0, 0.05) is 16.6 Å². The summed E-state index contributed by atoms with van der Waals surface area (Å²) < 4.78 is 26.3. The van der Waals surface area contributed by atoms with Crippen LogP contribution in [0.2, 0.25) is 0 Å². The number of benzene rings is 1. The Morgan fingerprint density at radius 1 is 1.37 bits per heavy atom. The second-order valence-corrected chi connectivity index (χ2v) is 5.95. The molecule has 1 heterocycles. The van der Waals surface area contributed by atoms with E-state index in [1.807, 2.05) is 0 Å². The third-order valence-electron chi connectivity index (χ3n) is 2.17. The van der Waals surface area contributed by atoms with Gasteiger partial charge in [0.1, 0.15) is 0 Å². The van der Waals surface area contributed by atoms with Crippen molar-refractivity contribution in [1.29, 1.82) is 0 Å². The van der Waals surface area contributed by atoms with E-state index in [2.05, 4.69) is 30.8 Å². The first-order valence-corrected chi connectivity index (χ1v) is 7.14. The van der Waals surface area contributed by atoms with E-state index in [0.29, 0.717) is 0 Å². The fourth-order valence-corrected chi connectivity index (χ4v) is 2.88. The van der Waals surface area contributed by atoms with Crippen LogP contribution in [0.15, 0.2) is 40.0 Å². The number of nitrogens with one attached hydrogen (secondary N) is 2. The summed E-state index contributed by atoms with van der Waals surface area (Å²) in [5.74, 6) is 0. The molecule has 0 aliphatic heterocycles. The first kappa shape index (κ1) is 13.5. The van der Waals surface area contributed by atoms with Gasteiger partial charge in [-0.1, -0.05) is 0 Å². The molecule has 0 bridgehead atoms. The lowest BCUT2D eigenvalue weighted by atomic mass is 10.3. The van der Waals surface area contributed by atoms with E-state index in [9.17, 15) is 18.5 Å². The number of hydrogen-bond acceptors (Lipinski definition) is 5. The first-order valence-electron chi connectivity index (χ1n) is 4.86. The number of non-ortho nitro benzene ring substituents is 1. The van der Waals surface area contributed by atoms with Crippen LogP contribution >= 0.6 is 15.9 Å². The van der Waals surface area contributed by atoms with Gasteiger partial charge in [0.25, 0.3) is 15.7 Å². The maximum atomic E-state index is 11.9. The molecule has 0 saturated heterocycles. The Morgan fingerprint density at radius 3 is 2.63 bits per heavy atom. The summed E-state index contributed by atoms with van der Waals surface area (Å²) in [5.41, 5.74) is 0.0524. The van der Waals surface area contributed by atoms with Crippen molar-refractivity contribution in [3.05, 3.63) is 45.0 Å². The van der Waals surface area contributed by atoms with Crippen LogP contribution in [-0.2, 0) is 10.0 Å². The Bertz CT molecular complexity index is 714. The molecule has 2 aromatic rings. The summed E-state index contributed by atoms with van der Waals surface area (Å²) in [6, 6.07) is 5.01. The van der Waals surface area contributed by atoms with Crippen molar-refractivity contribution >= 4 is 37.3 Å². The first-order chi connectivity index (χ1) is 8.90. The molecule has 0 spiro atoms. The molecule has 10 heteroatoms. The number of H-pyrrole nitrogens is 1. The molecule has 1 aromatic carbocycles. The lowest BCUT2D eigenvalue weighted by molar-refractivity contribution is -0.384. The van der Waals surface area contributed by atoms with Crippen LogP contribution in [0.1, 0.15) is 0 Å². The molecule has 2 N–H and O–H groups in total. The van der Waals surface area contributed by atoms with Crippen molar-refractivity contribution in [3.8, 4) is 0 Å². The number of halogens is 1. The number of rotatable bonds is 4. The smallest absolute Gasteiger partial charge is 0.277 e. The minimum atomic E-state index is -3.79. The number of nitro benzene ring substituents is 1. The van der Waals surface area contributed by atoms with Gasteiger partial charge in [-0.05, 0) is 28.1 Å². The molecule has 19 heavy (non-hydrogen) atoms. The predicted octanol–water partition coefficient (Wildman–Crippen LogP) is 1.88. The van der Waals surface area contributed by atoms with Crippen molar-refractivity contribution in [1.82, 2.24) is 10.2 Å². The maximum absolute atomic E-state index is 11.9. The largest absolute Gasteiger partial charge is 0.278 e. The Kier molecular flexibility index (Phi) is 3.53. The molecule has 0 aliphatic carbocycles. The summed E-state index contributed by atoms with van der Waals surface area (Å²) in [6.45, 7) is 0. The minimum Gasteiger partial charge on any atom is -0.277 e. The van der Waals surface area contributed by atoms with Crippen LogP contribution in [-0.4, -0.2) is 23.5 Å². The molecule has 0 amide bonds. The molecule has 1 aromatic heterocycles. The summed E-state index contributed by atoms with van der Waals surface area (Å²) in [5, 5.41) is 16.3. The minimum absolute atomic E-state index is 0.0993. The van der Waals surface area contributed by atoms with Crippen LogP contribution < -0.4 is 4.72 Å². The number of sulfonamides is 1. The molecule has 0 atom stereocenters. The Hall–Kier alpha value is -1.94. The fraction of sp³-hybridized carbons (Fsp3) is 0. The zero-order valence-corrected chi connectivity index (χ0v) is 11.6. The predicted molar refractivity (Wildman–Crippen MR) is 70.2 cm³/mol. The number of nitrogens with zero attached hydrogens (tertiary/aromatic N) is 2. The maximum Gasteiger partial charge on any atom is 0.278 e. The topological polar surface area (TPSA) is 118 Å². The van der Waals surface area contributed by atoms with Crippen LogP contribution in [0.3, 0.4) is 0 Å². The number of aromatic nitrogens is 2. The van der Waals surface area contributed by atoms with Gasteiger partial charge in [-0.25, -0.2) is 0 Å². The summed E-state index contributed by atoms with van der Waals surface area (Å²) in [6.07, 6.45) is 1.31. The van der Waals surface area contributed by atoms with Gasteiger partial charge in [0.2, 0.25) is 0 Å². The van der Waals surface area contributed by atoms with Gasteiger partial charge in [-0.3, -0.25) is 19.9 Å². The van der Waals surface area contributed by atoms with Crippen molar-refractivity contribution in [2.75, 3.05) is 4.72 Å². The molecule has 0 saturated carbocycles. The Balaban J connectivity index is 2.32. The fourth-order valence-electron chi connectivity index (χ4n) is 1.29. The number of aromatic amines is 1. The monoisotopic (exact) mass is 346 g/mol. The summed E-state index contributed by atoms with van der Waals surface area (Å²) >= 11 is 3.07. The van der Waals surface area contributed by atoms with E-state index in [-0.39, 0.29) is 20.9 Å². The quantitative estimate of drug-likeness (QED) is 0.647. The van der Waals surface area contributed by atoms with Crippen LogP contribution in [0, 0.1) is 10.1 Å². The molecule has 2 rings (SSSR count). The molecule has 8 nitrogen and oxygen atoms in total. The van der Waals surface area contributed by atoms with E-state index < -0.39 is 14.9 Å². The Morgan fingerprint density at radius 2 is 2.11 bits per heavy atom. The SMILES string of the molecule is O=[N+]([O-])c1ccc(NS(=O)(=O)c2ccn[nH]2)c(Br)c1. The van der Waals surface area contributed by atoms with E-state index in [1.165, 1.54) is 30.5 Å². The highest BCUT2D eigenvalue weighted by molar-refractivity contribution is 9.10. The van der Waals surface area contributed by atoms with Crippen molar-refractivity contribution in [3.63, 3.8) is 0 Å². The van der Waals surface area contributed by atoms with Crippen LogP contribution in [0.5, 0.6) is 0 Å². The van der Waals surface area contributed by atoms with Crippen molar-refractivity contribution in [2.45, 2.75) is 5.03 Å². The van der Waals surface area contributed by atoms with E-state index in [1.54, 1.807) is 0 Å². The molecular formula is C9H7BrN4O4S. The standard InChI is InChI=1S/C9H7BrN4O4S/c10-7-5-6(14(15)16)1-2-8(7)13-19(17,18)9-3-4-11-12-9/h1-5,13H,(H,11,12). The van der Waals surface area contributed by atoms with Crippen molar-refractivity contribution in [2.24, 2.45) is 0 Å². The average Bonchev–Trinajstić information content (AvgIpc) is 2.85. The molecule has 0 radical (unpaired) electrons. The third-order valence-corrected chi connectivity index (χ3v) is 4.12. The lowest BCUT2D eigenvalue weighted by Gasteiger charge is -2.07. The summed E-state index contributed by atoms with van der Waals surface area (Å²) in [7, 11) is -3.79. The van der Waals surface area contributed by atoms with Gasteiger partial charge in [0.05, 0.1) is 16.8 Å². The molecule has 100 valence electrons. The summed E-state index contributed by atoms with van der Waals surface area (Å²) in [4.78, 5) is 10.00. The van der Waals surface area contributed by atoms with Gasteiger partial charge in [0.15, 0.2) is 5.03 Å². The normalized spacial score (nSPS) is 11.2. The highest BCUT2D eigenvalue weighted by Gasteiger charge is 2.18. The van der Waals surface area contributed by atoms with Gasteiger partial charge < -0.3 is 0 Å². The lowest BCUT2D eigenvalue weighted by Crippen LogP contribution is -2.13. The van der Waals surface area contributed by atoms with E-state index in [0.717, 1.165) is 0 Å². The van der Waals surface area contributed by atoms with E-state index in [4.69, 9.17) is 0 Å². The van der Waals surface area contributed by atoms with Gasteiger partial charge in [-0.2, -0.15) is 13.5 Å².